The van der Waals surface area contributed by atoms with Gasteiger partial charge in [-0.1, -0.05) is 25.9 Å². The predicted octanol–water partition coefficient (Wildman–Crippen LogP) is -2.19. The van der Waals surface area contributed by atoms with Gasteiger partial charge in [0.15, 0.2) is 5.76 Å². The molecule has 1 fully saturated rings. The second-order valence-electron chi connectivity index (χ2n) is 5.46. The Morgan fingerprint density at radius 2 is 2.05 bits per heavy atom. The van der Waals surface area contributed by atoms with Crippen LogP contribution in [0.1, 0.15) is 48.9 Å². The number of nitrogens with zero attached hydrogens (tertiary/aromatic N) is 1. The third-order valence-corrected chi connectivity index (χ3v) is 3.02. The van der Waals surface area contributed by atoms with Crippen molar-refractivity contribution in [2.75, 3.05) is 6.61 Å². The first-order valence-electron chi connectivity index (χ1n) is 5.75. The van der Waals surface area contributed by atoms with Crippen LogP contribution in [0.15, 0.2) is 4.52 Å². The molecule has 0 spiro atoms. The average molecular weight is 293 g/mol. The molecule has 0 bridgehead atoms. The maximum absolute atomic E-state index is 10.8. The van der Waals surface area contributed by atoms with E-state index in [0.717, 1.165) is 0 Å². The number of hydrogen-bond acceptors (Lipinski definition) is 6. The topological polar surface area (TPSA) is 84.6 Å². The van der Waals surface area contributed by atoms with E-state index in [0.29, 0.717) is 17.9 Å². The number of ether oxygens (including phenoxy) is 2. The predicted molar refractivity (Wildman–Crippen MR) is 58.6 cm³/mol. The summed E-state index contributed by atoms with van der Waals surface area (Å²) in [4.78, 5) is 10.8. The minimum atomic E-state index is -1.37. The molecule has 7 heteroatoms. The van der Waals surface area contributed by atoms with Gasteiger partial charge in [-0.3, -0.25) is 0 Å². The Labute approximate surface area is 154 Å². The molecule has 0 amide bonds. The van der Waals surface area contributed by atoms with Crippen molar-refractivity contribution in [2.45, 2.75) is 40.1 Å². The summed E-state index contributed by atoms with van der Waals surface area (Å²) in [5.41, 5.74) is 0.116. The van der Waals surface area contributed by atoms with Gasteiger partial charge in [0.1, 0.15) is 5.69 Å². The van der Waals surface area contributed by atoms with Crippen LogP contribution in [0.25, 0.3) is 0 Å². The molecule has 0 aliphatic carbocycles. The molecule has 2 atom stereocenters. The summed E-state index contributed by atoms with van der Waals surface area (Å²) >= 11 is 0. The normalized spacial score (nSPS) is 23.2. The van der Waals surface area contributed by atoms with Crippen LogP contribution in [-0.4, -0.2) is 23.8 Å². The van der Waals surface area contributed by atoms with Gasteiger partial charge in [-0.05, 0) is 12.3 Å². The summed E-state index contributed by atoms with van der Waals surface area (Å²) in [5.74, 6) is -1.08. The monoisotopic (exact) mass is 293 g/mol. The first-order valence-corrected chi connectivity index (χ1v) is 5.75. The van der Waals surface area contributed by atoms with Crippen molar-refractivity contribution in [1.29, 1.82) is 0 Å². The molecule has 19 heavy (non-hydrogen) atoms. The molecule has 6 nitrogen and oxygen atoms in total. The molecule has 1 aliphatic heterocycles. The summed E-state index contributed by atoms with van der Waals surface area (Å²) in [6.45, 7) is 8.17. The zero-order valence-corrected chi connectivity index (χ0v) is 15.0. The van der Waals surface area contributed by atoms with Gasteiger partial charge in [-0.25, -0.2) is 0 Å². The van der Waals surface area contributed by atoms with Crippen LogP contribution in [0.5, 0.6) is 0 Å². The van der Waals surface area contributed by atoms with Gasteiger partial charge < -0.3 is 23.9 Å². The van der Waals surface area contributed by atoms with Gasteiger partial charge in [0.25, 0.3) is 0 Å². The van der Waals surface area contributed by atoms with E-state index in [1.54, 1.807) is 6.92 Å². The molecule has 1 aliphatic rings. The second-order valence-corrected chi connectivity index (χ2v) is 5.46. The maximum Gasteiger partial charge on any atom is 1.00 e. The van der Waals surface area contributed by atoms with Crippen LogP contribution < -0.4 is 56.5 Å². The molecule has 1 aromatic rings. The van der Waals surface area contributed by atoms with Crippen molar-refractivity contribution in [3.63, 3.8) is 0 Å². The standard InChI is InChI=1S/C12H17NO5.K/c1-6-8(10(14)15)13-18-9(6)11-16-5-7(17-11)12(2,3)4;/h7,11H,5H2,1-4H3,(H,14,15);/q;+1/p-1. The molecule has 0 aromatic carbocycles. The van der Waals surface area contributed by atoms with Crippen molar-refractivity contribution in [1.82, 2.24) is 5.16 Å². The summed E-state index contributed by atoms with van der Waals surface area (Å²) in [7, 11) is 0. The summed E-state index contributed by atoms with van der Waals surface area (Å²) < 4.78 is 16.2. The summed E-state index contributed by atoms with van der Waals surface area (Å²) in [5, 5.41) is 14.2. The van der Waals surface area contributed by atoms with E-state index in [1.165, 1.54) is 0 Å². The number of rotatable bonds is 2. The number of carboxylic acid groups (broad SMARTS) is 1. The molecule has 0 N–H and O–H groups in total. The molecular formula is C12H16KNO5. The number of aromatic carboxylic acids is 1. The molecule has 2 unspecified atom stereocenters. The van der Waals surface area contributed by atoms with Crippen LogP contribution in [0.3, 0.4) is 0 Å². The SMILES string of the molecule is Cc1c(C(=O)[O-])noc1C1OCC(C(C)(C)C)O1.[K+]. The zero-order valence-electron chi connectivity index (χ0n) is 11.9. The largest absolute Gasteiger partial charge is 1.00 e. The number of carbonyl (C=O) groups excluding carboxylic acids is 1. The zero-order chi connectivity index (χ0) is 13.5. The molecule has 100 valence electrons. The van der Waals surface area contributed by atoms with E-state index in [1.807, 2.05) is 20.8 Å². The third-order valence-electron chi connectivity index (χ3n) is 3.02. The Morgan fingerprint density at radius 3 is 2.47 bits per heavy atom. The molecule has 1 aromatic heterocycles. The van der Waals surface area contributed by atoms with Crippen LogP contribution in [-0.2, 0) is 9.47 Å². The maximum atomic E-state index is 10.8. The van der Waals surface area contributed by atoms with Crippen LogP contribution in [0.4, 0.5) is 0 Å². The minimum absolute atomic E-state index is 0. The Bertz CT molecular complexity index is 465. The quantitative estimate of drug-likeness (QED) is 0.576. The van der Waals surface area contributed by atoms with Crippen molar-refractivity contribution in [3.05, 3.63) is 17.0 Å². The van der Waals surface area contributed by atoms with Gasteiger partial charge in [-0.2, -0.15) is 0 Å². The van der Waals surface area contributed by atoms with E-state index >= 15 is 0 Å². The van der Waals surface area contributed by atoms with Gasteiger partial charge in [0, 0.05) is 5.56 Å². The van der Waals surface area contributed by atoms with Crippen molar-refractivity contribution < 1.29 is 75.3 Å². The number of hydrogen-bond donors (Lipinski definition) is 0. The molecule has 0 saturated carbocycles. The van der Waals surface area contributed by atoms with E-state index in [2.05, 4.69) is 5.16 Å². The van der Waals surface area contributed by atoms with Crippen molar-refractivity contribution in [3.8, 4) is 0 Å². The van der Waals surface area contributed by atoms with Crippen molar-refractivity contribution in [2.24, 2.45) is 5.41 Å². The first kappa shape index (κ1) is 17.3. The Balaban J connectivity index is 0.00000180. The first-order chi connectivity index (χ1) is 8.30. The number of carboxylic acids is 1. The third kappa shape index (κ3) is 3.66. The fraction of sp³-hybridized carbons (Fsp3) is 0.667. The van der Waals surface area contributed by atoms with E-state index in [-0.39, 0.29) is 68.6 Å². The smallest absolute Gasteiger partial charge is 0.543 e. The van der Waals surface area contributed by atoms with E-state index < -0.39 is 12.3 Å². The van der Waals surface area contributed by atoms with Crippen LogP contribution in [0, 0.1) is 12.3 Å². The number of aromatic nitrogens is 1. The molecular weight excluding hydrogens is 277 g/mol. The van der Waals surface area contributed by atoms with E-state index in [9.17, 15) is 9.90 Å². The van der Waals surface area contributed by atoms with Gasteiger partial charge >= 0.3 is 51.4 Å². The Morgan fingerprint density at radius 1 is 1.42 bits per heavy atom. The fourth-order valence-electron chi connectivity index (χ4n) is 1.75. The Hall–Kier alpha value is 0.236. The van der Waals surface area contributed by atoms with Crippen LogP contribution >= 0.6 is 0 Å². The Kier molecular flexibility index (Phi) is 5.77. The molecule has 1 saturated heterocycles. The number of carbonyl (C=O) groups is 1. The average Bonchev–Trinajstić information content (AvgIpc) is 2.81. The van der Waals surface area contributed by atoms with Gasteiger partial charge in [-0.15, -0.1) is 0 Å². The van der Waals surface area contributed by atoms with Crippen LogP contribution in [0.2, 0.25) is 0 Å². The summed E-state index contributed by atoms with van der Waals surface area (Å²) in [6.07, 6.45) is -0.770. The van der Waals surface area contributed by atoms with Crippen molar-refractivity contribution >= 4 is 5.97 Å². The minimum Gasteiger partial charge on any atom is -0.543 e. The van der Waals surface area contributed by atoms with E-state index in [4.69, 9.17) is 14.0 Å². The molecule has 2 rings (SSSR count). The fourth-order valence-corrected chi connectivity index (χ4v) is 1.75. The van der Waals surface area contributed by atoms with Gasteiger partial charge in [0.2, 0.25) is 6.29 Å². The molecule has 2 heterocycles. The molecule has 0 radical (unpaired) electrons. The summed E-state index contributed by atoms with van der Waals surface area (Å²) in [6, 6.07) is 0. The second kappa shape index (κ2) is 6.34. The van der Waals surface area contributed by atoms with Gasteiger partial charge in [0.05, 0.1) is 18.7 Å².